The number of aromatic nitrogens is 4. The van der Waals surface area contributed by atoms with Crippen molar-refractivity contribution in [1.82, 2.24) is 20.2 Å². The molecule has 1 amide bonds. The lowest BCUT2D eigenvalue weighted by atomic mass is 9.88. The number of aromatic amines is 2. The fourth-order valence-electron chi connectivity index (χ4n) is 2.66. The van der Waals surface area contributed by atoms with E-state index in [9.17, 15) is 9.59 Å². The van der Waals surface area contributed by atoms with Crippen LogP contribution in [0.25, 0.3) is 11.0 Å². The summed E-state index contributed by atoms with van der Waals surface area (Å²) in [5.74, 6) is -0.886. The Kier molecular flexibility index (Phi) is 3.46. The van der Waals surface area contributed by atoms with Gasteiger partial charge in [0.25, 0.3) is 5.56 Å². The maximum Gasteiger partial charge on any atom is 0.267 e. The molecule has 0 spiro atoms. The first-order valence-corrected chi connectivity index (χ1v) is 6.82. The van der Waals surface area contributed by atoms with E-state index in [-0.39, 0.29) is 12.0 Å². The summed E-state index contributed by atoms with van der Waals surface area (Å²) in [6.07, 6.45) is 3.26. The van der Waals surface area contributed by atoms with E-state index in [0.717, 1.165) is 11.1 Å². The Labute approximate surface area is 125 Å². The van der Waals surface area contributed by atoms with E-state index in [4.69, 9.17) is 5.73 Å². The first-order chi connectivity index (χ1) is 10.6. The highest BCUT2D eigenvalue weighted by Crippen LogP contribution is 2.28. The van der Waals surface area contributed by atoms with E-state index in [1.165, 1.54) is 0 Å². The molecule has 0 aliphatic carbocycles. The number of nitrogens with one attached hydrogen (secondary N) is 2. The molecule has 0 radical (unpaired) electrons. The second-order valence-corrected chi connectivity index (χ2v) is 5.15. The van der Waals surface area contributed by atoms with Gasteiger partial charge in [-0.15, -0.1) is 0 Å². The Hall–Kier alpha value is -2.96. The topological polar surface area (TPSA) is 118 Å². The normalized spacial score (nSPS) is 12.4. The molecule has 4 N–H and O–H groups in total. The van der Waals surface area contributed by atoms with Gasteiger partial charge in [-0.2, -0.15) is 0 Å². The molecule has 0 unspecified atom stereocenters. The molecular formula is C15H15N5O2. The zero-order chi connectivity index (χ0) is 15.7. The molecule has 0 fully saturated rings. The van der Waals surface area contributed by atoms with Crippen molar-refractivity contribution >= 4 is 16.9 Å². The van der Waals surface area contributed by atoms with Gasteiger partial charge in [-0.25, -0.2) is 0 Å². The van der Waals surface area contributed by atoms with Gasteiger partial charge in [0.2, 0.25) is 5.91 Å². The zero-order valence-electron chi connectivity index (χ0n) is 12.0. The molecule has 1 atom stereocenters. The van der Waals surface area contributed by atoms with E-state index >= 15 is 0 Å². The van der Waals surface area contributed by atoms with Gasteiger partial charge in [-0.05, 0) is 24.6 Å². The molecular weight excluding hydrogens is 282 g/mol. The maximum absolute atomic E-state index is 12.0. The first-order valence-electron chi connectivity index (χ1n) is 6.82. The van der Waals surface area contributed by atoms with E-state index in [1.807, 2.05) is 18.2 Å². The smallest absolute Gasteiger partial charge is 0.267 e. The Morgan fingerprint density at radius 1 is 1.23 bits per heavy atom. The van der Waals surface area contributed by atoms with E-state index in [0.29, 0.717) is 16.8 Å². The van der Waals surface area contributed by atoms with Crippen molar-refractivity contribution in [2.45, 2.75) is 19.3 Å². The number of aryl methyl sites for hydroxylation is 1. The number of carbonyl (C=O) groups is 1. The lowest BCUT2D eigenvalue weighted by molar-refractivity contribution is -0.118. The highest BCUT2D eigenvalue weighted by molar-refractivity contribution is 5.77. The number of H-pyrrole nitrogens is 2. The standard InChI is InChI=1S/C15H15N5O2/c1-8-14(15(22)20-19-8)10(7-13(16)21)9-2-3-11-12(6-9)18-5-4-17-11/h2-6,10H,7H2,1H3,(H2,16,21)(H2,19,20,22)/t10-/m1/s1. The highest BCUT2D eigenvalue weighted by Gasteiger charge is 2.23. The molecule has 112 valence electrons. The monoisotopic (exact) mass is 297 g/mol. The Balaban J connectivity index is 2.15. The van der Waals surface area contributed by atoms with Gasteiger partial charge >= 0.3 is 0 Å². The number of hydrogen-bond donors (Lipinski definition) is 3. The van der Waals surface area contributed by atoms with Crippen molar-refractivity contribution in [2.24, 2.45) is 5.73 Å². The first kappa shape index (κ1) is 14.0. The average Bonchev–Trinajstić information content (AvgIpc) is 2.83. The van der Waals surface area contributed by atoms with Crippen molar-refractivity contribution in [3.63, 3.8) is 0 Å². The predicted octanol–water partition coefficient (Wildman–Crippen LogP) is 0.962. The van der Waals surface area contributed by atoms with E-state index in [2.05, 4.69) is 20.2 Å². The summed E-state index contributed by atoms with van der Waals surface area (Å²) in [5.41, 5.74) is 8.59. The van der Waals surface area contributed by atoms with Gasteiger partial charge < -0.3 is 10.8 Å². The molecule has 22 heavy (non-hydrogen) atoms. The summed E-state index contributed by atoms with van der Waals surface area (Å²) in [7, 11) is 0. The summed E-state index contributed by atoms with van der Waals surface area (Å²) in [6, 6.07) is 5.50. The molecule has 2 aromatic heterocycles. The molecule has 3 aromatic rings. The summed E-state index contributed by atoms with van der Waals surface area (Å²) < 4.78 is 0. The number of fused-ring (bicyclic) bond motifs is 1. The Morgan fingerprint density at radius 2 is 1.95 bits per heavy atom. The van der Waals surface area contributed by atoms with Crippen LogP contribution >= 0.6 is 0 Å². The Bertz CT molecular complexity index is 896. The van der Waals surface area contributed by atoms with Crippen molar-refractivity contribution in [2.75, 3.05) is 0 Å². The number of amides is 1. The van der Waals surface area contributed by atoms with Crippen LogP contribution in [0.1, 0.15) is 29.2 Å². The highest BCUT2D eigenvalue weighted by atomic mass is 16.1. The summed E-state index contributed by atoms with van der Waals surface area (Å²) in [4.78, 5) is 31.9. The fourth-order valence-corrected chi connectivity index (χ4v) is 2.66. The number of nitrogens with two attached hydrogens (primary N) is 1. The summed E-state index contributed by atoms with van der Waals surface area (Å²) in [5, 5.41) is 5.32. The van der Waals surface area contributed by atoms with Crippen LogP contribution in [0.3, 0.4) is 0 Å². The number of nitrogens with zero attached hydrogens (tertiary/aromatic N) is 2. The number of rotatable bonds is 4. The van der Waals surface area contributed by atoms with Crippen LogP contribution in [-0.4, -0.2) is 26.1 Å². The van der Waals surface area contributed by atoms with Gasteiger partial charge in [0, 0.05) is 36.0 Å². The largest absolute Gasteiger partial charge is 0.370 e. The molecule has 2 heterocycles. The van der Waals surface area contributed by atoms with Crippen LogP contribution in [0, 0.1) is 6.92 Å². The summed E-state index contributed by atoms with van der Waals surface area (Å²) >= 11 is 0. The molecule has 0 bridgehead atoms. The molecule has 0 saturated heterocycles. The van der Waals surface area contributed by atoms with Crippen LogP contribution in [0.4, 0.5) is 0 Å². The maximum atomic E-state index is 12.0. The third kappa shape index (κ3) is 2.48. The average molecular weight is 297 g/mol. The van der Waals surface area contributed by atoms with Gasteiger partial charge in [0.15, 0.2) is 0 Å². The van der Waals surface area contributed by atoms with E-state index < -0.39 is 11.8 Å². The molecule has 7 heteroatoms. The van der Waals surface area contributed by atoms with Gasteiger partial charge in [-0.1, -0.05) is 6.07 Å². The van der Waals surface area contributed by atoms with Crippen molar-refractivity contribution < 1.29 is 4.79 Å². The minimum Gasteiger partial charge on any atom is -0.370 e. The van der Waals surface area contributed by atoms with Gasteiger partial charge in [0.1, 0.15) is 0 Å². The number of benzene rings is 1. The fraction of sp³-hybridized carbons (Fsp3) is 0.200. The third-order valence-corrected chi connectivity index (χ3v) is 3.66. The third-order valence-electron chi connectivity index (χ3n) is 3.66. The molecule has 0 saturated carbocycles. The van der Waals surface area contributed by atoms with Crippen LogP contribution in [0.15, 0.2) is 35.4 Å². The van der Waals surface area contributed by atoms with Crippen LogP contribution in [0.5, 0.6) is 0 Å². The minimum atomic E-state index is -0.468. The minimum absolute atomic E-state index is 0.0491. The lowest BCUT2D eigenvalue weighted by Gasteiger charge is -2.15. The second-order valence-electron chi connectivity index (χ2n) is 5.15. The van der Waals surface area contributed by atoms with Crippen molar-refractivity contribution in [3.05, 3.63) is 57.8 Å². The van der Waals surface area contributed by atoms with Crippen molar-refractivity contribution in [1.29, 1.82) is 0 Å². The number of hydrogen-bond acceptors (Lipinski definition) is 4. The molecule has 7 nitrogen and oxygen atoms in total. The number of primary amides is 1. The van der Waals surface area contributed by atoms with Crippen LogP contribution in [0.2, 0.25) is 0 Å². The van der Waals surface area contributed by atoms with Crippen LogP contribution in [-0.2, 0) is 4.79 Å². The van der Waals surface area contributed by atoms with Gasteiger partial charge in [0.05, 0.1) is 11.0 Å². The molecule has 3 rings (SSSR count). The second kappa shape index (κ2) is 5.44. The van der Waals surface area contributed by atoms with Crippen molar-refractivity contribution in [3.8, 4) is 0 Å². The summed E-state index contributed by atoms with van der Waals surface area (Å²) in [6.45, 7) is 1.78. The molecule has 0 aliphatic heterocycles. The predicted molar refractivity (Wildman–Crippen MR) is 81.3 cm³/mol. The SMILES string of the molecule is Cc1[nH][nH]c(=O)c1[C@H](CC(N)=O)c1ccc2nccnc2c1. The molecule has 1 aromatic carbocycles. The number of carbonyl (C=O) groups excluding carboxylic acids is 1. The quantitative estimate of drug-likeness (QED) is 0.664. The molecule has 0 aliphatic rings. The van der Waals surface area contributed by atoms with Gasteiger partial charge in [-0.3, -0.25) is 24.7 Å². The zero-order valence-corrected chi connectivity index (χ0v) is 12.0. The van der Waals surface area contributed by atoms with Crippen LogP contribution < -0.4 is 11.3 Å². The van der Waals surface area contributed by atoms with E-state index in [1.54, 1.807) is 19.3 Å². The lowest BCUT2D eigenvalue weighted by Crippen LogP contribution is -2.20. The Morgan fingerprint density at radius 3 is 2.59 bits per heavy atom.